The zero-order valence-corrected chi connectivity index (χ0v) is 20.8. The fourth-order valence-corrected chi connectivity index (χ4v) is 6.46. The van der Waals surface area contributed by atoms with Crippen LogP contribution in [-0.4, -0.2) is 72.2 Å². The summed E-state index contributed by atoms with van der Waals surface area (Å²) >= 11 is 6.13. The average Bonchev–Trinajstić information content (AvgIpc) is 3.55. The third kappa shape index (κ3) is 4.68. The van der Waals surface area contributed by atoms with Crippen LogP contribution in [0.3, 0.4) is 0 Å². The molecule has 3 fully saturated rings. The highest BCUT2D eigenvalue weighted by Crippen LogP contribution is 2.32. The van der Waals surface area contributed by atoms with Crippen molar-refractivity contribution in [2.45, 2.75) is 50.7 Å². The molecular formula is C23H30ClN5O4S. The molecule has 9 nitrogen and oxygen atoms in total. The molecule has 2 aliphatic carbocycles. The van der Waals surface area contributed by atoms with Gasteiger partial charge in [0.05, 0.1) is 18.0 Å². The first-order valence-corrected chi connectivity index (χ1v) is 13.6. The molecule has 0 N–H and O–H groups in total. The van der Waals surface area contributed by atoms with Crippen LogP contribution in [-0.2, 0) is 10.2 Å². The van der Waals surface area contributed by atoms with E-state index in [0.717, 1.165) is 38.5 Å². The summed E-state index contributed by atoms with van der Waals surface area (Å²) in [5, 5.41) is 4.93. The Kier molecular flexibility index (Phi) is 6.58. The third-order valence-electron chi connectivity index (χ3n) is 6.88. The van der Waals surface area contributed by atoms with Crippen molar-refractivity contribution < 1.29 is 13.2 Å². The first-order chi connectivity index (χ1) is 16.3. The normalized spacial score (nSPS) is 20.3. The zero-order valence-electron chi connectivity index (χ0n) is 19.3. The second kappa shape index (κ2) is 9.49. The van der Waals surface area contributed by atoms with Gasteiger partial charge < -0.3 is 9.64 Å². The van der Waals surface area contributed by atoms with E-state index in [9.17, 15) is 13.2 Å². The zero-order chi connectivity index (χ0) is 23.9. The Hall–Kier alpha value is -2.14. The Morgan fingerprint density at radius 3 is 2.44 bits per heavy atom. The number of rotatable bonds is 7. The van der Waals surface area contributed by atoms with E-state index in [0.29, 0.717) is 42.6 Å². The Bertz CT molecular complexity index is 1200. The number of piperazine rings is 1. The summed E-state index contributed by atoms with van der Waals surface area (Å²) in [5.74, 6) is 0.272. The summed E-state index contributed by atoms with van der Waals surface area (Å²) < 4.78 is 36.4. The van der Waals surface area contributed by atoms with Gasteiger partial charge in [-0.25, -0.2) is 0 Å². The molecule has 0 spiro atoms. The molecule has 0 radical (unpaired) electrons. The van der Waals surface area contributed by atoms with Gasteiger partial charge in [-0.1, -0.05) is 17.7 Å². The molecule has 2 aromatic rings. The Morgan fingerprint density at radius 2 is 1.79 bits per heavy atom. The van der Waals surface area contributed by atoms with Crippen molar-refractivity contribution in [3.63, 3.8) is 0 Å². The van der Waals surface area contributed by atoms with Crippen LogP contribution in [0.25, 0.3) is 5.69 Å². The molecule has 1 saturated heterocycles. The molecule has 2 heterocycles. The van der Waals surface area contributed by atoms with Crippen molar-refractivity contribution in [1.29, 1.82) is 0 Å². The second-order valence-corrected chi connectivity index (χ2v) is 11.6. The topological polar surface area (TPSA) is 88.0 Å². The lowest BCUT2D eigenvalue weighted by atomic mass is 10.2. The van der Waals surface area contributed by atoms with Crippen molar-refractivity contribution >= 4 is 27.5 Å². The SMILES string of the molecule is CN(C1CC1)S(=O)(=O)N1CCN(c2cnn(-c3cccc(Cl)c3)c(=O)c2OC2CCCC2)CC1. The van der Waals surface area contributed by atoms with Gasteiger partial charge in [-0.3, -0.25) is 4.79 Å². The maximum atomic E-state index is 13.5. The summed E-state index contributed by atoms with van der Waals surface area (Å²) in [4.78, 5) is 15.5. The lowest BCUT2D eigenvalue weighted by molar-refractivity contribution is 0.205. The quantitative estimate of drug-likeness (QED) is 0.572. The van der Waals surface area contributed by atoms with E-state index in [2.05, 4.69) is 5.10 Å². The monoisotopic (exact) mass is 507 g/mol. The molecular weight excluding hydrogens is 478 g/mol. The highest BCUT2D eigenvalue weighted by Gasteiger charge is 2.39. The first kappa shape index (κ1) is 23.6. The summed E-state index contributed by atoms with van der Waals surface area (Å²) in [7, 11) is -1.81. The molecule has 1 aromatic heterocycles. The summed E-state index contributed by atoms with van der Waals surface area (Å²) in [6.45, 7) is 1.61. The van der Waals surface area contributed by atoms with E-state index in [-0.39, 0.29) is 23.5 Å². The molecule has 34 heavy (non-hydrogen) atoms. The van der Waals surface area contributed by atoms with Gasteiger partial charge in [0, 0.05) is 44.3 Å². The highest BCUT2D eigenvalue weighted by atomic mass is 35.5. The maximum Gasteiger partial charge on any atom is 0.316 e. The van der Waals surface area contributed by atoms with Gasteiger partial charge in [0.15, 0.2) is 0 Å². The van der Waals surface area contributed by atoms with Gasteiger partial charge in [-0.2, -0.15) is 26.8 Å². The van der Waals surface area contributed by atoms with Crippen LogP contribution in [0.15, 0.2) is 35.3 Å². The van der Waals surface area contributed by atoms with E-state index in [1.54, 1.807) is 37.5 Å². The first-order valence-electron chi connectivity index (χ1n) is 11.9. The van der Waals surface area contributed by atoms with Gasteiger partial charge >= 0.3 is 5.56 Å². The minimum atomic E-state index is -3.47. The van der Waals surface area contributed by atoms with Crippen molar-refractivity contribution in [3.05, 3.63) is 45.8 Å². The van der Waals surface area contributed by atoms with Crippen LogP contribution in [0.4, 0.5) is 5.69 Å². The van der Waals surface area contributed by atoms with E-state index in [1.165, 1.54) is 13.3 Å². The molecule has 184 valence electrons. The minimum absolute atomic E-state index is 0.00415. The van der Waals surface area contributed by atoms with Crippen LogP contribution in [0.5, 0.6) is 5.75 Å². The number of anilines is 1. The van der Waals surface area contributed by atoms with Crippen LogP contribution in [0, 0.1) is 0 Å². The smallest absolute Gasteiger partial charge is 0.316 e. The van der Waals surface area contributed by atoms with Crippen molar-refractivity contribution in [2.24, 2.45) is 0 Å². The molecule has 1 aliphatic heterocycles. The maximum absolute atomic E-state index is 13.5. The largest absolute Gasteiger partial charge is 0.483 e. The lowest BCUT2D eigenvalue weighted by Crippen LogP contribution is -2.53. The number of benzene rings is 1. The number of hydrogen-bond donors (Lipinski definition) is 0. The number of aromatic nitrogens is 2. The molecule has 2 saturated carbocycles. The van der Waals surface area contributed by atoms with Gasteiger partial charge in [-0.05, 0) is 56.7 Å². The van der Waals surface area contributed by atoms with E-state index in [4.69, 9.17) is 16.3 Å². The molecule has 3 aliphatic rings. The van der Waals surface area contributed by atoms with Gasteiger partial charge in [0.1, 0.15) is 5.69 Å². The number of hydrogen-bond acceptors (Lipinski definition) is 6. The van der Waals surface area contributed by atoms with Crippen LogP contribution in [0.2, 0.25) is 5.02 Å². The highest BCUT2D eigenvalue weighted by molar-refractivity contribution is 7.86. The fraction of sp³-hybridized carbons (Fsp3) is 0.565. The second-order valence-electron chi connectivity index (χ2n) is 9.22. The number of nitrogens with zero attached hydrogens (tertiary/aromatic N) is 5. The molecule has 1 aromatic carbocycles. The molecule has 0 unspecified atom stereocenters. The predicted octanol–water partition coefficient (Wildman–Crippen LogP) is 2.67. The summed E-state index contributed by atoms with van der Waals surface area (Å²) in [5.41, 5.74) is 0.845. The van der Waals surface area contributed by atoms with Crippen LogP contribution >= 0.6 is 11.6 Å². The number of halogens is 1. The molecule has 0 atom stereocenters. The molecule has 0 amide bonds. The van der Waals surface area contributed by atoms with E-state index < -0.39 is 10.2 Å². The van der Waals surface area contributed by atoms with Crippen LogP contribution in [0.1, 0.15) is 38.5 Å². The Morgan fingerprint density at radius 1 is 1.09 bits per heavy atom. The third-order valence-corrected chi connectivity index (χ3v) is 9.16. The fourth-order valence-electron chi connectivity index (χ4n) is 4.70. The summed E-state index contributed by atoms with van der Waals surface area (Å²) in [6, 6.07) is 7.11. The van der Waals surface area contributed by atoms with Gasteiger partial charge in [0.25, 0.3) is 10.2 Å². The van der Waals surface area contributed by atoms with Gasteiger partial charge in [-0.15, -0.1) is 0 Å². The van der Waals surface area contributed by atoms with Gasteiger partial charge in [0.2, 0.25) is 5.75 Å². The average molecular weight is 508 g/mol. The van der Waals surface area contributed by atoms with Crippen molar-refractivity contribution in [3.8, 4) is 11.4 Å². The minimum Gasteiger partial charge on any atom is -0.483 e. The number of ether oxygens (including phenoxy) is 1. The molecule has 5 rings (SSSR count). The standard InChI is InChI=1S/C23H30ClN5O4S/c1-26(18-9-10-18)34(31,32)28-13-11-27(12-14-28)21-16-25-29(19-6-4-5-17(24)15-19)23(30)22(21)33-20-7-2-3-8-20/h4-6,15-16,18,20H,2-3,7-14H2,1H3. The van der Waals surface area contributed by atoms with Crippen molar-refractivity contribution in [1.82, 2.24) is 18.4 Å². The van der Waals surface area contributed by atoms with Crippen molar-refractivity contribution in [2.75, 3.05) is 38.1 Å². The predicted molar refractivity (Wildman–Crippen MR) is 131 cm³/mol. The van der Waals surface area contributed by atoms with E-state index in [1.807, 2.05) is 4.90 Å². The summed E-state index contributed by atoms with van der Waals surface area (Å²) in [6.07, 6.45) is 7.48. The molecule has 0 bridgehead atoms. The van der Waals surface area contributed by atoms with E-state index >= 15 is 0 Å². The van der Waals surface area contributed by atoms with Crippen LogP contribution < -0.4 is 15.2 Å². The Balaban J connectivity index is 1.41. The molecule has 11 heteroatoms. The Labute approximate surface area is 205 Å². The lowest BCUT2D eigenvalue weighted by Gasteiger charge is -2.37.